The number of amides is 1. The van der Waals surface area contributed by atoms with Crippen LogP contribution in [0.2, 0.25) is 0 Å². The van der Waals surface area contributed by atoms with Crippen LogP contribution in [0, 0.1) is 29.3 Å². The Morgan fingerprint density at radius 2 is 1.57 bits per heavy atom. The summed E-state index contributed by atoms with van der Waals surface area (Å²) in [6.45, 7) is -0.850. The molecule has 0 spiro atoms. The van der Waals surface area contributed by atoms with E-state index in [1.807, 2.05) is 0 Å². The molecule has 0 fully saturated rings. The third-order valence-corrected chi connectivity index (χ3v) is 5.66. The van der Waals surface area contributed by atoms with Gasteiger partial charge in [0.2, 0.25) is 23.6 Å². The van der Waals surface area contributed by atoms with E-state index in [2.05, 4.69) is 9.97 Å². The quantitative estimate of drug-likeness (QED) is 0.288. The molecule has 0 saturated heterocycles. The molecule has 2 aromatic heterocycles. The lowest BCUT2D eigenvalue weighted by Crippen LogP contribution is -2.42. The van der Waals surface area contributed by atoms with Gasteiger partial charge in [0, 0.05) is 49.3 Å². The Morgan fingerprint density at radius 1 is 0.946 bits per heavy atom. The number of pyridine rings is 1. The molecule has 0 aliphatic carbocycles. The smallest absolute Gasteiger partial charge is 0.335 e. The summed E-state index contributed by atoms with van der Waals surface area (Å²) in [4.78, 5) is 20.5. The van der Waals surface area contributed by atoms with Gasteiger partial charge >= 0.3 is 6.18 Å². The SMILES string of the molecule is Cl.NC(CC(=O)N1CCn2c(C(F)(F)F)nc(-c3cc(F)nc(F)c3)c2C1)Cc1cc(F)c(F)cc1F. The van der Waals surface area contributed by atoms with Gasteiger partial charge in [-0.3, -0.25) is 4.79 Å². The molecule has 200 valence electrons. The largest absolute Gasteiger partial charge is 0.449 e. The third-order valence-electron chi connectivity index (χ3n) is 5.66. The maximum absolute atomic E-state index is 13.9. The number of aromatic nitrogens is 3. The van der Waals surface area contributed by atoms with Crippen molar-refractivity contribution < 1.29 is 39.9 Å². The Labute approximate surface area is 210 Å². The first-order chi connectivity index (χ1) is 16.8. The highest BCUT2D eigenvalue weighted by atomic mass is 35.5. The summed E-state index contributed by atoms with van der Waals surface area (Å²) in [6, 6.07) is 1.41. The molecule has 0 bridgehead atoms. The first kappa shape index (κ1) is 28.3. The average molecular weight is 556 g/mol. The van der Waals surface area contributed by atoms with Crippen LogP contribution in [-0.2, 0) is 30.5 Å². The molecule has 0 radical (unpaired) electrons. The van der Waals surface area contributed by atoms with Gasteiger partial charge in [-0.05, 0) is 18.1 Å². The lowest BCUT2D eigenvalue weighted by molar-refractivity contribution is -0.148. The van der Waals surface area contributed by atoms with Crippen LogP contribution in [0.5, 0.6) is 0 Å². The molecular formula is C22H18ClF8N5O. The van der Waals surface area contributed by atoms with Crippen LogP contribution in [-0.4, -0.2) is 37.9 Å². The zero-order valence-corrected chi connectivity index (χ0v) is 19.4. The van der Waals surface area contributed by atoms with E-state index in [1.54, 1.807) is 0 Å². The molecule has 1 unspecified atom stereocenters. The molecule has 1 aliphatic rings. The minimum absolute atomic E-state index is 0. The molecule has 3 heterocycles. The van der Waals surface area contributed by atoms with Crippen molar-refractivity contribution in [3.8, 4) is 11.3 Å². The summed E-state index contributed by atoms with van der Waals surface area (Å²) in [6.07, 6.45) is -5.56. The summed E-state index contributed by atoms with van der Waals surface area (Å²) in [5, 5.41) is 0. The van der Waals surface area contributed by atoms with Gasteiger partial charge in [0.15, 0.2) is 11.6 Å². The Hall–Kier alpha value is -3.26. The van der Waals surface area contributed by atoms with Crippen LogP contribution in [0.15, 0.2) is 24.3 Å². The summed E-state index contributed by atoms with van der Waals surface area (Å²) < 4.78 is 109. The second-order valence-corrected chi connectivity index (χ2v) is 8.22. The fourth-order valence-electron chi connectivity index (χ4n) is 4.06. The molecular weight excluding hydrogens is 538 g/mol. The van der Waals surface area contributed by atoms with Crippen LogP contribution in [0.4, 0.5) is 35.1 Å². The molecule has 1 amide bonds. The molecule has 1 atom stereocenters. The van der Waals surface area contributed by atoms with E-state index in [1.165, 1.54) is 4.90 Å². The van der Waals surface area contributed by atoms with E-state index in [0.29, 0.717) is 12.1 Å². The molecule has 6 nitrogen and oxygen atoms in total. The molecule has 1 aliphatic heterocycles. The van der Waals surface area contributed by atoms with Crippen molar-refractivity contribution in [2.45, 2.75) is 38.1 Å². The maximum atomic E-state index is 13.9. The molecule has 15 heteroatoms. The van der Waals surface area contributed by atoms with Crippen molar-refractivity contribution in [2.75, 3.05) is 6.54 Å². The molecule has 0 saturated carbocycles. The van der Waals surface area contributed by atoms with E-state index in [-0.39, 0.29) is 67.4 Å². The van der Waals surface area contributed by atoms with Crippen molar-refractivity contribution in [1.29, 1.82) is 0 Å². The number of imidazole rings is 1. The minimum atomic E-state index is -4.87. The van der Waals surface area contributed by atoms with E-state index in [0.717, 1.165) is 16.7 Å². The van der Waals surface area contributed by atoms with E-state index in [9.17, 15) is 39.9 Å². The first-order valence-electron chi connectivity index (χ1n) is 10.5. The van der Waals surface area contributed by atoms with E-state index < -0.39 is 53.3 Å². The van der Waals surface area contributed by atoms with Gasteiger partial charge in [0.25, 0.3) is 0 Å². The van der Waals surface area contributed by atoms with Crippen LogP contribution in [0.3, 0.4) is 0 Å². The fraction of sp³-hybridized carbons (Fsp3) is 0.318. The zero-order chi connectivity index (χ0) is 26.4. The molecule has 4 rings (SSSR count). The van der Waals surface area contributed by atoms with Crippen molar-refractivity contribution >= 4 is 18.3 Å². The average Bonchev–Trinajstić information content (AvgIpc) is 3.16. The van der Waals surface area contributed by atoms with Gasteiger partial charge in [-0.1, -0.05) is 0 Å². The second kappa shape index (κ2) is 10.6. The predicted molar refractivity (Wildman–Crippen MR) is 116 cm³/mol. The Bertz CT molecular complexity index is 1310. The van der Waals surface area contributed by atoms with Crippen LogP contribution < -0.4 is 5.73 Å². The highest BCUT2D eigenvalue weighted by Crippen LogP contribution is 2.36. The normalized spacial score (nSPS) is 14.2. The van der Waals surface area contributed by atoms with Gasteiger partial charge in [0.05, 0.1) is 17.9 Å². The number of fused-ring (bicyclic) bond motifs is 1. The number of nitrogens with zero attached hydrogens (tertiary/aromatic N) is 4. The van der Waals surface area contributed by atoms with Gasteiger partial charge in [-0.15, -0.1) is 12.4 Å². The number of carbonyl (C=O) groups excluding carboxylic acids is 1. The Morgan fingerprint density at radius 3 is 2.19 bits per heavy atom. The fourth-order valence-corrected chi connectivity index (χ4v) is 4.06. The third kappa shape index (κ3) is 6.01. The molecule has 3 aromatic rings. The molecule has 1 aromatic carbocycles. The Kier molecular flexibility index (Phi) is 8.12. The summed E-state index contributed by atoms with van der Waals surface area (Å²) in [5.74, 6) is -8.13. The van der Waals surface area contributed by atoms with Crippen molar-refractivity contribution in [3.63, 3.8) is 0 Å². The van der Waals surface area contributed by atoms with Gasteiger partial charge in [-0.25, -0.2) is 18.2 Å². The number of alkyl halides is 3. The number of rotatable bonds is 5. The number of carbonyl (C=O) groups is 1. The zero-order valence-electron chi connectivity index (χ0n) is 18.6. The number of hydrogen-bond donors (Lipinski definition) is 1. The van der Waals surface area contributed by atoms with Crippen molar-refractivity contribution in [3.05, 3.63) is 70.7 Å². The van der Waals surface area contributed by atoms with E-state index in [4.69, 9.17) is 5.73 Å². The van der Waals surface area contributed by atoms with Gasteiger partial charge in [0.1, 0.15) is 5.82 Å². The summed E-state index contributed by atoms with van der Waals surface area (Å²) >= 11 is 0. The monoisotopic (exact) mass is 555 g/mol. The highest BCUT2D eigenvalue weighted by molar-refractivity contribution is 5.85. The number of hydrogen-bond acceptors (Lipinski definition) is 4. The lowest BCUT2D eigenvalue weighted by Gasteiger charge is -2.30. The lowest BCUT2D eigenvalue weighted by atomic mass is 10.0. The minimum Gasteiger partial charge on any atom is -0.335 e. The van der Waals surface area contributed by atoms with Crippen LogP contribution in [0.25, 0.3) is 11.3 Å². The highest BCUT2D eigenvalue weighted by Gasteiger charge is 2.41. The maximum Gasteiger partial charge on any atom is 0.449 e. The Balaban J connectivity index is 0.00000380. The number of halogens is 9. The first-order valence-corrected chi connectivity index (χ1v) is 10.5. The standard InChI is InChI=1S/C22H17F8N5O.ClH/c23-13-8-15(25)14(24)4-10(13)3-12(31)7-19(36)34-1-2-35-16(9-34)20(33-21(35)22(28,29)30)11-5-17(26)32-18(27)6-11;/h4-6,8,12H,1-3,7,9,31H2;1H. The summed E-state index contributed by atoms with van der Waals surface area (Å²) in [5.41, 5.74) is 4.88. The second-order valence-electron chi connectivity index (χ2n) is 8.22. The molecule has 37 heavy (non-hydrogen) atoms. The molecule has 2 N–H and O–H groups in total. The number of benzene rings is 1. The number of nitrogens with two attached hydrogens (primary N) is 1. The van der Waals surface area contributed by atoms with E-state index >= 15 is 0 Å². The van der Waals surface area contributed by atoms with Crippen molar-refractivity contribution in [1.82, 2.24) is 19.4 Å². The summed E-state index contributed by atoms with van der Waals surface area (Å²) in [7, 11) is 0. The van der Waals surface area contributed by atoms with Gasteiger partial charge < -0.3 is 15.2 Å². The topological polar surface area (TPSA) is 77.0 Å². The van der Waals surface area contributed by atoms with Crippen LogP contribution >= 0.6 is 12.4 Å². The van der Waals surface area contributed by atoms with Gasteiger partial charge in [-0.2, -0.15) is 26.9 Å². The van der Waals surface area contributed by atoms with Crippen molar-refractivity contribution in [2.24, 2.45) is 5.73 Å². The predicted octanol–water partition coefficient (Wildman–Crippen LogP) is 4.38. The van der Waals surface area contributed by atoms with Crippen LogP contribution in [0.1, 0.15) is 23.5 Å².